The number of nitrogens with one attached hydrogen (secondary N) is 1. The van der Waals surface area contributed by atoms with E-state index in [1.165, 1.54) is 4.68 Å². The van der Waals surface area contributed by atoms with Crippen molar-refractivity contribution in [1.82, 2.24) is 39.8 Å². The predicted molar refractivity (Wildman–Crippen MR) is 155 cm³/mol. The Morgan fingerprint density at radius 3 is 2.49 bits per heavy atom. The normalized spacial score (nSPS) is 11.3. The second-order valence-electron chi connectivity index (χ2n) is 9.36. The molecule has 3 aromatic heterocycles. The molecule has 0 bridgehead atoms. The summed E-state index contributed by atoms with van der Waals surface area (Å²) in [6, 6.07) is 27.0. The largest absolute Gasteiger partial charge is 0.299 e. The lowest BCUT2D eigenvalue weighted by Gasteiger charge is -2.09. The van der Waals surface area contributed by atoms with Crippen molar-refractivity contribution in [1.29, 1.82) is 0 Å². The van der Waals surface area contributed by atoms with E-state index in [2.05, 4.69) is 25.8 Å². The third kappa shape index (κ3) is 5.55. The molecule has 0 fully saturated rings. The van der Waals surface area contributed by atoms with Gasteiger partial charge in [0.25, 0.3) is 11.5 Å². The molecule has 0 spiro atoms. The summed E-state index contributed by atoms with van der Waals surface area (Å²) in [5.41, 5.74) is 8.04. The van der Waals surface area contributed by atoms with Crippen LogP contribution in [0.3, 0.4) is 0 Å². The maximum atomic E-state index is 12.8. The quantitative estimate of drug-likeness (QED) is 0.232. The van der Waals surface area contributed by atoms with Gasteiger partial charge in [0.2, 0.25) is 0 Å². The Labute approximate surface area is 234 Å². The predicted octanol–water partition coefficient (Wildman–Crippen LogP) is 3.35. The standard InChI is InChI=1S/C30H25N9O2/c1-21-30(41)38(27-15-9-8-14-26(27)32-21)19-24-18-37(36-33-24)20-28(40)34-31-16-23-17-39(25-12-6-3-7-13-25)35-29(23)22-10-4-2-5-11-22/h2-18H,19-20H2,1H3,(H,34,40)/b31-16-. The van der Waals surface area contributed by atoms with Crippen LogP contribution in [0.1, 0.15) is 17.0 Å². The zero-order valence-electron chi connectivity index (χ0n) is 22.1. The first-order valence-electron chi connectivity index (χ1n) is 12.9. The summed E-state index contributed by atoms with van der Waals surface area (Å²) in [6.07, 6.45) is 5.07. The minimum absolute atomic E-state index is 0.0931. The fourth-order valence-corrected chi connectivity index (χ4v) is 4.50. The number of para-hydroxylation sites is 3. The van der Waals surface area contributed by atoms with Crippen LogP contribution in [0.2, 0.25) is 0 Å². The van der Waals surface area contributed by atoms with E-state index >= 15 is 0 Å². The summed E-state index contributed by atoms with van der Waals surface area (Å²) in [5, 5.41) is 17.1. The van der Waals surface area contributed by atoms with Crippen LogP contribution in [-0.2, 0) is 17.9 Å². The lowest BCUT2D eigenvalue weighted by molar-refractivity contribution is -0.121. The number of hydrazone groups is 1. The zero-order chi connectivity index (χ0) is 28.2. The van der Waals surface area contributed by atoms with E-state index in [9.17, 15) is 9.59 Å². The van der Waals surface area contributed by atoms with Gasteiger partial charge in [-0.25, -0.2) is 19.8 Å². The maximum absolute atomic E-state index is 12.8. The van der Waals surface area contributed by atoms with Crippen LogP contribution in [0, 0.1) is 6.92 Å². The summed E-state index contributed by atoms with van der Waals surface area (Å²) >= 11 is 0. The van der Waals surface area contributed by atoms with Gasteiger partial charge in [0.15, 0.2) is 0 Å². The van der Waals surface area contributed by atoms with Crippen molar-refractivity contribution in [3.63, 3.8) is 0 Å². The molecule has 0 aliphatic rings. The number of rotatable bonds is 8. The van der Waals surface area contributed by atoms with Crippen molar-refractivity contribution in [2.75, 3.05) is 0 Å². The molecule has 3 heterocycles. The van der Waals surface area contributed by atoms with Crippen molar-refractivity contribution < 1.29 is 4.79 Å². The molecule has 6 rings (SSSR count). The molecule has 0 unspecified atom stereocenters. The molecule has 11 nitrogen and oxygen atoms in total. The number of amides is 1. The summed E-state index contributed by atoms with van der Waals surface area (Å²) in [7, 11) is 0. The number of hydrogen-bond acceptors (Lipinski definition) is 7. The van der Waals surface area contributed by atoms with Gasteiger partial charge in [-0.3, -0.25) is 14.2 Å². The van der Waals surface area contributed by atoms with E-state index < -0.39 is 0 Å². The molecular formula is C30H25N9O2. The van der Waals surface area contributed by atoms with Crippen LogP contribution in [0.25, 0.3) is 28.0 Å². The van der Waals surface area contributed by atoms with E-state index in [1.807, 2.05) is 91.1 Å². The number of carbonyl (C=O) groups excluding carboxylic acids is 1. The van der Waals surface area contributed by atoms with Gasteiger partial charge in [0.1, 0.15) is 23.6 Å². The second kappa shape index (κ2) is 11.2. The molecule has 6 aromatic rings. The van der Waals surface area contributed by atoms with Gasteiger partial charge in [0, 0.05) is 17.3 Å². The van der Waals surface area contributed by atoms with Gasteiger partial charge in [-0.1, -0.05) is 65.9 Å². The zero-order valence-corrected chi connectivity index (χ0v) is 22.1. The minimum atomic E-state index is -0.378. The first kappa shape index (κ1) is 25.6. The van der Waals surface area contributed by atoms with E-state index in [-0.39, 0.29) is 24.6 Å². The van der Waals surface area contributed by atoms with Crippen LogP contribution in [0.5, 0.6) is 0 Å². The molecule has 1 N–H and O–H groups in total. The van der Waals surface area contributed by atoms with Crippen molar-refractivity contribution in [2.45, 2.75) is 20.0 Å². The van der Waals surface area contributed by atoms with E-state index in [4.69, 9.17) is 5.10 Å². The topological polar surface area (TPSA) is 125 Å². The third-order valence-corrected chi connectivity index (χ3v) is 6.43. The Bertz CT molecular complexity index is 1920. The van der Waals surface area contributed by atoms with Crippen LogP contribution in [-0.4, -0.2) is 46.4 Å². The molecule has 0 aliphatic heterocycles. The van der Waals surface area contributed by atoms with E-state index in [0.29, 0.717) is 16.9 Å². The Kier molecular flexibility index (Phi) is 6.97. The highest BCUT2D eigenvalue weighted by Gasteiger charge is 2.13. The van der Waals surface area contributed by atoms with Gasteiger partial charge in [-0.2, -0.15) is 10.2 Å². The Hall–Kier alpha value is -5.71. The second-order valence-corrected chi connectivity index (χ2v) is 9.36. The monoisotopic (exact) mass is 543 g/mol. The number of benzene rings is 3. The lowest BCUT2D eigenvalue weighted by atomic mass is 10.1. The van der Waals surface area contributed by atoms with Gasteiger partial charge < -0.3 is 0 Å². The molecule has 1 amide bonds. The molecule has 0 atom stereocenters. The Morgan fingerprint density at radius 2 is 1.68 bits per heavy atom. The highest BCUT2D eigenvalue weighted by molar-refractivity contribution is 5.89. The van der Waals surface area contributed by atoms with Crippen LogP contribution in [0.4, 0.5) is 0 Å². The van der Waals surface area contributed by atoms with Gasteiger partial charge in [-0.05, 0) is 31.2 Å². The average Bonchev–Trinajstić information content (AvgIpc) is 3.63. The highest BCUT2D eigenvalue weighted by atomic mass is 16.2. The van der Waals surface area contributed by atoms with Gasteiger partial charge in [0.05, 0.1) is 35.7 Å². The number of carbonyl (C=O) groups is 1. The fraction of sp³-hybridized carbons (Fsp3) is 0.100. The summed E-state index contributed by atoms with van der Waals surface area (Å²) in [5.74, 6) is -0.378. The number of aromatic nitrogens is 7. The Morgan fingerprint density at radius 1 is 0.951 bits per heavy atom. The summed E-state index contributed by atoms with van der Waals surface area (Å²) < 4.78 is 4.79. The molecule has 0 aliphatic carbocycles. The lowest BCUT2D eigenvalue weighted by Crippen LogP contribution is -2.25. The summed E-state index contributed by atoms with van der Waals surface area (Å²) in [4.78, 5) is 29.8. The minimum Gasteiger partial charge on any atom is -0.299 e. The fourth-order valence-electron chi connectivity index (χ4n) is 4.50. The molecule has 0 radical (unpaired) electrons. The molecule has 41 heavy (non-hydrogen) atoms. The number of fused-ring (bicyclic) bond motifs is 1. The van der Waals surface area contributed by atoms with Crippen LogP contribution < -0.4 is 11.0 Å². The average molecular weight is 544 g/mol. The molecule has 202 valence electrons. The van der Waals surface area contributed by atoms with Gasteiger partial charge in [-0.15, -0.1) is 5.10 Å². The smallest absolute Gasteiger partial charge is 0.272 e. The van der Waals surface area contributed by atoms with Crippen molar-refractivity contribution in [3.8, 4) is 16.9 Å². The molecule has 3 aromatic carbocycles. The van der Waals surface area contributed by atoms with Crippen molar-refractivity contribution >= 4 is 23.2 Å². The van der Waals surface area contributed by atoms with Crippen molar-refractivity contribution in [2.24, 2.45) is 5.10 Å². The van der Waals surface area contributed by atoms with Crippen molar-refractivity contribution in [3.05, 3.63) is 125 Å². The first-order valence-corrected chi connectivity index (χ1v) is 12.9. The van der Waals surface area contributed by atoms with Crippen LogP contribution >= 0.6 is 0 Å². The number of hydrogen-bond donors (Lipinski definition) is 1. The highest BCUT2D eigenvalue weighted by Crippen LogP contribution is 2.22. The molecule has 11 heteroatoms. The van der Waals surface area contributed by atoms with E-state index in [0.717, 1.165) is 28.0 Å². The number of aryl methyl sites for hydroxylation is 1. The van der Waals surface area contributed by atoms with E-state index in [1.54, 1.807) is 28.6 Å². The van der Waals surface area contributed by atoms with Crippen LogP contribution in [0.15, 0.2) is 107 Å². The SMILES string of the molecule is Cc1nc2ccccc2n(Cc2cn(CC(=O)N/N=C\c3cn(-c4ccccc4)nc3-c3ccccc3)nn2)c1=O. The molecular weight excluding hydrogens is 518 g/mol. The number of nitrogens with zero attached hydrogens (tertiary/aromatic N) is 8. The third-order valence-electron chi connectivity index (χ3n) is 6.43. The summed E-state index contributed by atoms with van der Waals surface area (Å²) in [6.45, 7) is 1.79. The molecule has 0 saturated heterocycles. The Balaban J connectivity index is 1.15. The van der Waals surface area contributed by atoms with Gasteiger partial charge >= 0.3 is 0 Å². The first-order chi connectivity index (χ1) is 20.0. The molecule has 0 saturated carbocycles. The maximum Gasteiger partial charge on any atom is 0.272 e.